The summed E-state index contributed by atoms with van der Waals surface area (Å²) in [4.78, 5) is 42.2. The van der Waals surface area contributed by atoms with Crippen molar-refractivity contribution >= 4 is 35.3 Å². The zero-order valence-electron chi connectivity index (χ0n) is 23.7. The molecule has 1 fully saturated rings. The quantitative estimate of drug-likeness (QED) is 0.174. The van der Waals surface area contributed by atoms with Crippen LogP contribution >= 0.6 is 11.3 Å². The second-order valence-corrected chi connectivity index (χ2v) is 11.1. The highest BCUT2D eigenvalue weighted by molar-refractivity contribution is 7.09. The van der Waals surface area contributed by atoms with Crippen molar-refractivity contribution < 1.29 is 49.0 Å². The molecule has 3 aromatic rings. The molecule has 12 nitrogen and oxygen atoms in total. The van der Waals surface area contributed by atoms with Gasteiger partial charge in [0.1, 0.15) is 24.1 Å². The molecule has 0 bridgehead atoms. The average molecular weight is 615 g/mol. The lowest BCUT2D eigenvalue weighted by atomic mass is 9.99. The van der Waals surface area contributed by atoms with Gasteiger partial charge in [0.15, 0.2) is 6.10 Å². The van der Waals surface area contributed by atoms with Crippen LogP contribution in [0.1, 0.15) is 52.1 Å². The average Bonchev–Trinajstić information content (AvgIpc) is 3.65. The number of carbonyl (C=O) groups excluding carboxylic acids is 2. The number of esters is 2. The standard InChI is InChI=1S/C30H34N2O10S/c1-3-4-7-22-31-15-20(13-19(27(36)37)14-21-6-5-12-43-21)32(22)16-17-8-10-18(11-9-17)28(38)42-30-25(35)23(33)24(34)26(41-30)29(39)40-2/h5-6,8-13,15,23-26,30,33-35H,3-4,7,14,16H2,1-2H3,(H,36,37)/b19-13+. The normalized spacial score (nSPS) is 22.3. The van der Waals surface area contributed by atoms with Gasteiger partial charge in [0, 0.05) is 29.8 Å². The van der Waals surface area contributed by atoms with Gasteiger partial charge >= 0.3 is 17.9 Å². The van der Waals surface area contributed by atoms with Gasteiger partial charge in [-0.3, -0.25) is 0 Å². The Kier molecular flexibility index (Phi) is 10.8. The van der Waals surface area contributed by atoms with Crippen LogP contribution in [0.5, 0.6) is 0 Å². The molecule has 4 rings (SSSR count). The second-order valence-electron chi connectivity index (χ2n) is 10.0. The number of benzene rings is 1. The molecular weight excluding hydrogens is 580 g/mol. The zero-order valence-corrected chi connectivity index (χ0v) is 24.5. The topological polar surface area (TPSA) is 178 Å². The number of aryl methyl sites for hydroxylation is 1. The van der Waals surface area contributed by atoms with E-state index in [1.807, 2.05) is 22.1 Å². The third-order valence-electron chi connectivity index (χ3n) is 7.02. The maximum Gasteiger partial charge on any atom is 0.340 e. The molecule has 230 valence electrons. The van der Waals surface area contributed by atoms with Gasteiger partial charge in [-0.15, -0.1) is 11.3 Å². The predicted molar refractivity (Wildman–Crippen MR) is 154 cm³/mol. The van der Waals surface area contributed by atoms with Crippen molar-refractivity contribution in [3.8, 4) is 0 Å². The van der Waals surface area contributed by atoms with Gasteiger partial charge in [-0.2, -0.15) is 0 Å². The molecule has 0 spiro atoms. The van der Waals surface area contributed by atoms with E-state index >= 15 is 0 Å². The Balaban J connectivity index is 1.51. The molecule has 2 aromatic heterocycles. The number of ether oxygens (including phenoxy) is 3. The Hall–Kier alpha value is -3.88. The fourth-order valence-electron chi connectivity index (χ4n) is 4.59. The number of unbranched alkanes of at least 4 members (excludes halogenated alkanes) is 1. The van der Waals surface area contributed by atoms with Crippen LogP contribution in [0.2, 0.25) is 0 Å². The molecule has 5 atom stereocenters. The van der Waals surface area contributed by atoms with E-state index < -0.39 is 48.6 Å². The highest BCUT2D eigenvalue weighted by Gasteiger charge is 2.49. The summed E-state index contributed by atoms with van der Waals surface area (Å²) in [6.45, 7) is 2.44. The van der Waals surface area contributed by atoms with Crippen LogP contribution in [0.15, 0.2) is 53.5 Å². The minimum Gasteiger partial charge on any atom is -0.478 e. The lowest BCUT2D eigenvalue weighted by Crippen LogP contribution is -2.60. The van der Waals surface area contributed by atoms with Crippen molar-refractivity contribution in [2.24, 2.45) is 0 Å². The fraction of sp³-hybridized carbons (Fsp3) is 0.400. The number of aliphatic carboxylic acids is 1. The number of hydrogen-bond acceptors (Lipinski definition) is 11. The lowest BCUT2D eigenvalue weighted by Gasteiger charge is -2.38. The third kappa shape index (κ3) is 7.75. The monoisotopic (exact) mass is 614 g/mol. The first-order valence-electron chi connectivity index (χ1n) is 13.7. The predicted octanol–water partition coefficient (Wildman–Crippen LogP) is 2.18. The summed E-state index contributed by atoms with van der Waals surface area (Å²) in [6, 6.07) is 10.2. The van der Waals surface area contributed by atoms with Crippen molar-refractivity contribution in [2.75, 3.05) is 7.11 Å². The van der Waals surface area contributed by atoms with Gasteiger partial charge in [0.25, 0.3) is 0 Å². The first-order valence-corrected chi connectivity index (χ1v) is 14.6. The van der Waals surface area contributed by atoms with E-state index in [1.165, 1.54) is 23.5 Å². The van der Waals surface area contributed by atoms with Gasteiger partial charge in [0.05, 0.1) is 24.6 Å². The smallest absolute Gasteiger partial charge is 0.340 e. The van der Waals surface area contributed by atoms with Gasteiger partial charge in [-0.25, -0.2) is 19.4 Å². The minimum absolute atomic E-state index is 0.107. The van der Waals surface area contributed by atoms with Crippen LogP contribution in [0.25, 0.3) is 6.08 Å². The van der Waals surface area contributed by atoms with E-state index in [-0.39, 0.29) is 17.6 Å². The number of rotatable bonds is 12. The Morgan fingerprint density at radius 3 is 2.47 bits per heavy atom. The number of carbonyl (C=O) groups is 3. The Labute approximate surface area is 251 Å². The molecule has 0 radical (unpaired) electrons. The number of nitrogens with zero attached hydrogens (tertiary/aromatic N) is 2. The molecular formula is C30H34N2O10S. The summed E-state index contributed by atoms with van der Waals surface area (Å²) in [5.74, 6) is -2.09. The maximum absolute atomic E-state index is 12.8. The molecule has 0 amide bonds. The zero-order chi connectivity index (χ0) is 31.1. The van der Waals surface area contributed by atoms with Crippen molar-refractivity contribution in [2.45, 2.75) is 69.9 Å². The van der Waals surface area contributed by atoms with Crippen LogP contribution in [0.3, 0.4) is 0 Å². The van der Waals surface area contributed by atoms with Crippen LogP contribution in [0.4, 0.5) is 0 Å². The van der Waals surface area contributed by atoms with E-state index in [1.54, 1.807) is 24.4 Å². The molecule has 1 aliphatic rings. The van der Waals surface area contributed by atoms with Crippen LogP contribution in [0, 0.1) is 0 Å². The molecule has 5 unspecified atom stereocenters. The number of carboxylic acid groups (broad SMARTS) is 1. The van der Waals surface area contributed by atoms with Gasteiger partial charge in [0.2, 0.25) is 6.29 Å². The molecule has 4 N–H and O–H groups in total. The summed E-state index contributed by atoms with van der Waals surface area (Å²) < 4.78 is 16.9. The number of carboxylic acids is 1. The number of hydrogen-bond donors (Lipinski definition) is 4. The molecule has 0 saturated carbocycles. The summed E-state index contributed by atoms with van der Waals surface area (Å²) in [5.41, 5.74) is 1.79. The minimum atomic E-state index is -1.81. The number of aliphatic hydroxyl groups is 3. The summed E-state index contributed by atoms with van der Waals surface area (Å²) in [6.07, 6.45) is -2.61. The molecule has 13 heteroatoms. The van der Waals surface area contributed by atoms with Crippen LogP contribution in [-0.4, -0.2) is 85.7 Å². The highest BCUT2D eigenvalue weighted by atomic mass is 32.1. The summed E-state index contributed by atoms with van der Waals surface area (Å²) in [7, 11) is 1.06. The van der Waals surface area contributed by atoms with Crippen molar-refractivity contribution in [3.63, 3.8) is 0 Å². The number of aliphatic hydroxyl groups excluding tert-OH is 3. The van der Waals surface area contributed by atoms with E-state index in [4.69, 9.17) is 9.47 Å². The van der Waals surface area contributed by atoms with E-state index in [2.05, 4.69) is 16.6 Å². The van der Waals surface area contributed by atoms with E-state index in [0.717, 1.165) is 36.2 Å². The molecule has 0 aliphatic carbocycles. The Bertz CT molecular complexity index is 1430. The summed E-state index contributed by atoms with van der Waals surface area (Å²) in [5, 5.41) is 42.1. The fourth-order valence-corrected chi connectivity index (χ4v) is 5.32. The van der Waals surface area contributed by atoms with Crippen LogP contribution in [-0.2, 0) is 43.2 Å². The molecule has 1 aromatic carbocycles. The van der Waals surface area contributed by atoms with E-state index in [9.17, 15) is 34.8 Å². The second kappa shape index (κ2) is 14.5. The molecule has 3 heterocycles. The van der Waals surface area contributed by atoms with Gasteiger partial charge in [-0.05, 0) is 41.6 Å². The lowest BCUT2D eigenvalue weighted by molar-refractivity contribution is -0.279. The first kappa shape index (κ1) is 32.0. The Morgan fingerprint density at radius 2 is 1.84 bits per heavy atom. The third-order valence-corrected chi connectivity index (χ3v) is 7.90. The highest BCUT2D eigenvalue weighted by Crippen LogP contribution is 2.25. The maximum atomic E-state index is 12.8. The molecule has 1 saturated heterocycles. The number of aromatic nitrogens is 2. The largest absolute Gasteiger partial charge is 0.478 e. The van der Waals surface area contributed by atoms with Crippen molar-refractivity contribution in [1.29, 1.82) is 0 Å². The summed E-state index contributed by atoms with van der Waals surface area (Å²) >= 11 is 1.49. The number of thiophene rings is 1. The van der Waals surface area contributed by atoms with Crippen LogP contribution < -0.4 is 0 Å². The number of methoxy groups -OCH3 is 1. The van der Waals surface area contributed by atoms with Crippen molar-refractivity contribution in [3.05, 3.63) is 81.1 Å². The first-order chi connectivity index (χ1) is 20.6. The Morgan fingerprint density at radius 1 is 1.09 bits per heavy atom. The van der Waals surface area contributed by atoms with E-state index in [0.29, 0.717) is 18.7 Å². The van der Waals surface area contributed by atoms with Gasteiger partial charge in [-0.1, -0.05) is 31.5 Å². The molecule has 43 heavy (non-hydrogen) atoms. The van der Waals surface area contributed by atoms with Crippen molar-refractivity contribution in [1.82, 2.24) is 9.55 Å². The SMILES string of the molecule is CCCCc1ncc(/C=C(\Cc2cccs2)C(=O)O)n1Cc1ccc(C(=O)OC2OC(C(=O)OC)C(O)C(O)C2O)cc1. The molecule has 1 aliphatic heterocycles. The van der Waals surface area contributed by atoms with Gasteiger partial charge < -0.3 is 39.2 Å². The number of imidazole rings is 1.